The van der Waals surface area contributed by atoms with Gasteiger partial charge in [-0.2, -0.15) is 0 Å². The Bertz CT molecular complexity index is 726. The SMILES string of the molecule is CCOc1ccc([C@@H]2NC(=O)NC(C)=C2C(=O)O[C@@H]2CCC[C@H](C)C2)cc1. The van der Waals surface area contributed by atoms with Crippen LogP contribution in [0.3, 0.4) is 0 Å². The Hall–Kier alpha value is -2.50. The highest BCUT2D eigenvalue weighted by molar-refractivity contribution is 5.95. The fraction of sp³-hybridized carbons (Fsp3) is 0.524. The average Bonchev–Trinajstić information content (AvgIpc) is 2.62. The minimum Gasteiger partial charge on any atom is -0.494 e. The number of benzene rings is 1. The topological polar surface area (TPSA) is 76.7 Å². The highest BCUT2D eigenvalue weighted by atomic mass is 16.5. The van der Waals surface area contributed by atoms with Crippen LogP contribution in [0.25, 0.3) is 0 Å². The first-order chi connectivity index (χ1) is 13.0. The van der Waals surface area contributed by atoms with Crippen molar-refractivity contribution in [3.05, 3.63) is 41.1 Å². The van der Waals surface area contributed by atoms with E-state index >= 15 is 0 Å². The van der Waals surface area contributed by atoms with Gasteiger partial charge in [0.15, 0.2) is 0 Å². The van der Waals surface area contributed by atoms with Crippen LogP contribution >= 0.6 is 0 Å². The van der Waals surface area contributed by atoms with Gasteiger partial charge in [-0.05, 0) is 56.7 Å². The third kappa shape index (κ3) is 4.62. The summed E-state index contributed by atoms with van der Waals surface area (Å²) < 4.78 is 11.3. The lowest BCUT2D eigenvalue weighted by Crippen LogP contribution is -2.45. The summed E-state index contributed by atoms with van der Waals surface area (Å²) in [5, 5.41) is 5.53. The van der Waals surface area contributed by atoms with Crippen molar-refractivity contribution >= 4 is 12.0 Å². The number of rotatable bonds is 5. The zero-order chi connectivity index (χ0) is 19.4. The second-order valence-corrected chi connectivity index (χ2v) is 7.37. The van der Waals surface area contributed by atoms with Gasteiger partial charge in [-0.1, -0.05) is 25.5 Å². The van der Waals surface area contributed by atoms with E-state index in [0.717, 1.165) is 30.6 Å². The monoisotopic (exact) mass is 372 g/mol. The summed E-state index contributed by atoms with van der Waals surface area (Å²) in [6.07, 6.45) is 4.00. The third-order valence-corrected chi connectivity index (χ3v) is 5.18. The van der Waals surface area contributed by atoms with E-state index in [1.165, 1.54) is 6.42 Å². The van der Waals surface area contributed by atoms with Crippen molar-refractivity contribution in [3.8, 4) is 5.75 Å². The Balaban J connectivity index is 1.81. The van der Waals surface area contributed by atoms with E-state index < -0.39 is 6.04 Å². The van der Waals surface area contributed by atoms with E-state index in [9.17, 15) is 9.59 Å². The Morgan fingerprint density at radius 1 is 1.22 bits per heavy atom. The summed E-state index contributed by atoms with van der Waals surface area (Å²) in [7, 11) is 0. The molecule has 1 aliphatic heterocycles. The fourth-order valence-electron chi connectivity index (χ4n) is 3.84. The Morgan fingerprint density at radius 2 is 1.96 bits per heavy atom. The number of hydrogen-bond acceptors (Lipinski definition) is 4. The van der Waals surface area contributed by atoms with Crippen molar-refractivity contribution in [1.29, 1.82) is 0 Å². The van der Waals surface area contributed by atoms with Gasteiger partial charge in [0.2, 0.25) is 0 Å². The highest BCUT2D eigenvalue weighted by Gasteiger charge is 2.34. The van der Waals surface area contributed by atoms with Crippen LogP contribution in [-0.2, 0) is 9.53 Å². The van der Waals surface area contributed by atoms with E-state index in [4.69, 9.17) is 9.47 Å². The Labute approximate surface area is 160 Å². The molecule has 2 aliphatic rings. The smallest absolute Gasteiger partial charge is 0.338 e. The van der Waals surface area contributed by atoms with Gasteiger partial charge in [0.25, 0.3) is 0 Å². The van der Waals surface area contributed by atoms with E-state index in [1.807, 2.05) is 31.2 Å². The lowest BCUT2D eigenvalue weighted by atomic mass is 9.88. The molecule has 1 saturated carbocycles. The summed E-state index contributed by atoms with van der Waals surface area (Å²) in [5.41, 5.74) is 1.81. The lowest BCUT2D eigenvalue weighted by molar-refractivity contribution is -0.146. The molecule has 0 bridgehead atoms. The molecule has 3 atom stereocenters. The summed E-state index contributed by atoms with van der Waals surface area (Å²) >= 11 is 0. The predicted octanol–water partition coefficient (Wildman–Crippen LogP) is 3.84. The lowest BCUT2D eigenvalue weighted by Gasteiger charge is -2.31. The molecule has 0 aromatic heterocycles. The molecule has 0 saturated heterocycles. The van der Waals surface area contributed by atoms with Crippen molar-refractivity contribution in [3.63, 3.8) is 0 Å². The average molecular weight is 372 g/mol. The van der Waals surface area contributed by atoms with Gasteiger partial charge in [0.1, 0.15) is 11.9 Å². The van der Waals surface area contributed by atoms with Gasteiger partial charge in [-0.3, -0.25) is 0 Å². The fourth-order valence-corrected chi connectivity index (χ4v) is 3.84. The van der Waals surface area contributed by atoms with Gasteiger partial charge in [-0.15, -0.1) is 0 Å². The zero-order valence-corrected chi connectivity index (χ0v) is 16.2. The second kappa shape index (κ2) is 8.46. The molecule has 3 rings (SSSR count). The Morgan fingerprint density at radius 3 is 2.63 bits per heavy atom. The first kappa shape index (κ1) is 19.3. The molecule has 2 amide bonds. The number of amides is 2. The zero-order valence-electron chi connectivity index (χ0n) is 16.2. The van der Waals surface area contributed by atoms with Gasteiger partial charge < -0.3 is 20.1 Å². The molecular weight excluding hydrogens is 344 g/mol. The normalized spacial score (nSPS) is 25.4. The van der Waals surface area contributed by atoms with E-state index in [1.54, 1.807) is 6.92 Å². The molecule has 6 heteroatoms. The van der Waals surface area contributed by atoms with E-state index in [2.05, 4.69) is 17.6 Å². The highest BCUT2D eigenvalue weighted by Crippen LogP contribution is 2.31. The van der Waals surface area contributed by atoms with Gasteiger partial charge in [0, 0.05) is 5.70 Å². The number of esters is 1. The van der Waals surface area contributed by atoms with Crippen LogP contribution in [0.15, 0.2) is 35.5 Å². The molecule has 2 N–H and O–H groups in total. The number of ether oxygens (including phenoxy) is 2. The molecule has 1 heterocycles. The first-order valence-electron chi connectivity index (χ1n) is 9.70. The number of carbonyl (C=O) groups is 2. The summed E-state index contributed by atoms with van der Waals surface area (Å²) in [6.45, 7) is 6.43. The van der Waals surface area contributed by atoms with Crippen molar-refractivity contribution < 1.29 is 19.1 Å². The molecule has 1 fully saturated rings. The van der Waals surface area contributed by atoms with Crippen LogP contribution in [-0.4, -0.2) is 24.7 Å². The molecule has 0 unspecified atom stereocenters. The standard InChI is InChI=1S/C21H28N2O4/c1-4-26-16-10-8-15(9-11-16)19-18(14(3)22-21(25)23-19)20(24)27-17-7-5-6-13(2)12-17/h8-11,13,17,19H,4-7,12H2,1-3H3,(H2,22,23,25)/t13-,17+,19-/m0/s1. The van der Waals surface area contributed by atoms with Gasteiger partial charge >= 0.3 is 12.0 Å². The number of nitrogens with one attached hydrogen (secondary N) is 2. The number of urea groups is 1. The van der Waals surface area contributed by atoms with Crippen molar-refractivity contribution in [1.82, 2.24) is 10.6 Å². The van der Waals surface area contributed by atoms with Crippen molar-refractivity contribution in [2.24, 2.45) is 5.92 Å². The quantitative estimate of drug-likeness (QED) is 0.770. The predicted molar refractivity (Wildman–Crippen MR) is 102 cm³/mol. The maximum atomic E-state index is 12.9. The number of allylic oxidation sites excluding steroid dienone is 1. The van der Waals surface area contributed by atoms with Crippen LogP contribution in [0.2, 0.25) is 0 Å². The van der Waals surface area contributed by atoms with Crippen LogP contribution in [0.1, 0.15) is 58.1 Å². The van der Waals surface area contributed by atoms with Crippen LogP contribution < -0.4 is 15.4 Å². The third-order valence-electron chi connectivity index (χ3n) is 5.18. The van der Waals surface area contributed by atoms with Crippen molar-refractivity contribution in [2.75, 3.05) is 6.61 Å². The van der Waals surface area contributed by atoms with E-state index in [0.29, 0.717) is 23.8 Å². The first-order valence-corrected chi connectivity index (χ1v) is 9.70. The number of carbonyl (C=O) groups excluding carboxylic acids is 2. The largest absolute Gasteiger partial charge is 0.494 e. The second-order valence-electron chi connectivity index (χ2n) is 7.37. The van der Waals surface area contributed by atoms with Crippen LogP contribution in [0, 0.1) is 5.92 Å². The summed E-state index contributed by atoms with van der Waals surface area (Å²) in [4.78, 5) is 24.9. The molecule has 0 radical (unpaired) electrons. The van der Waals surface area contributed by atoms with Crippen molar-refractivity contribution in [2.45, 2.75) is 58.6 Å². The minimum absolute atomic E-state index is 0.0554. The Kier molecular flexibility index (Phi) is 6.04. The number of hydrogen-bond donors (Lipinski definition) is 2. The molecule has 1 aromatic carbocycles. The maximum Gasteiger partial charge on any atom is 0.338 e. The molecule has 27 heavy (non-hydrogen) atoms. The minimum atomic E-state index is -0.539. The molecule has 6 nitrogen and oxygen atoms in total. The maximum absolute atomic E-state index is 12.9. The molecular formula is C21H28N2O4. The summed E-state index contributed by atoms with van der Waals surface area (Å²) in [5.74, 6) is 0.957. The van der Waals surface area contributed by atoms with Crippen LogP contribution in [0.5, 0.6) is 5.75 Å². The van der Waals surface area contributed by atoms with Crippen LogP contribution in [0.4, 0.5) is 4.79 Å². The molecule has 1 aliphatic carbocycles. The van der Waals surface area contributed by atoms with Gasteiger partial charge in [-0.25, -0.2) is 9.59 Å². The van der Waals surface area contributed by atoms with Gasteiger partial charge in [0.05, 0.1) is 18.2 Å². The molecule has 146 valence electrons. The molecule has 0 spiro atoms. The molecule has 1 aromatic rings. The summed E-state index contributed by atoms with van der Waals surface area (Å²) in [6, 6.07) is 6.55. The van der Waals surface area contributed by atoms with E-state index in [-0.39, 0.29) is 18.1 Å².